The standard InChI is InChI=1S/C25H33NO3/c1-28-23-4-2-18(13-22(23)17-26-6-8-29-9-7-26)3-5-24(27)25-14-19-10-20(15-25)12-21(11-19)16-25/h2-5,13,19-21H,6-12,14-17H2,1H3. The Bertz CT molecular complexity index is 758. The summed E-state index contributed by atoms with van der Waals surface area (Å²) in [4.78, 5) is 15.7. The fraction of sp³-hybridized carbons (Fsp3) is 0.640. The van der Waals surface area contributed by atoms with Crippen molar-refractivity contribution in [1.82, 2.24) is 4.90 Å². The molecule has 29 heavy (non-hydrogen) atoms. The number of methoxy groups -OCH3 is 1. The van der Waals surface area contributed by atoms with Crippen LogP contribution in [0.5, 0.6) is 5.75 Å². The highest BCUT2D eigenvalue weighted by molar-refractivity contribution is 5.98. The predicted molar refractivity (Wildman–Crippen MR) is 114 cm³/mol. The zero-order chi connectivity index (χ0) is 19.8. The van der Waals surface area contributed by atoms with Crippen molar-refractivity contribution in [2.75, 3.05) is 33.4 Å². The summed E-state index contributed by atoms with van der Waals surface area (Å²) < 4.78 is 11.0. The van der Waals surface area contributed by atoms with Gasteiger partial charge in [-0.25, -0.2) is 0 Å². The van der Waals surface area contributed by atoms with E-state index in [1.807, 2.05) is 18.2 Å². The molecular weight excluding hydrogens is 362 g/mol. The number of allylic oxidation sites excluding steroid dienone is 1. The van der Waals surface area contributed by atoms with Crippen LogP contribution in [-0.2, 0) is 16.1 Å². The maximum absolute atomic E-state index is 13.3. The Morgan fingerprint density at radius 3 is 2.41 bits per heavy atom. The molecule has 4 saturated carbocycles. The smallest absolute Gasteiger partial charge is 0.161 e. The Morgan fingerprint density at radius 1 is 1.14 bits per heavy atom. The summed E-state index contributed by atoms with van der Waals surface area (Å²) in [6.07, 6.45) is 11.4. The lowest BCUT2D eigenvalue weighted by Crippen LogP contribution is -2.49. The average molecular weight is 396 g/mol. The third-order valence-corrected chi connectivity index (χ3v) is 7.79. The van der Waals surface area contributed by atoms with Gasteiger partial charge in [-0.15, -0.1) is 0 Å². The molecule has 4 nitrogen and oxygen atoms in total. The van der Waals surface area contributed by atoms with Gasteiger partial charge < -0.3 is 9.47 Å². The molecule has 0 atom stereocenters. The molecule has 5 aliphatic rings. The molecule has 0 spiro atoms. The molecule has 0 radical (unpaired) electrons. The van der Waals surface area contributed by atoms with E-state index in [-0.39, 0.29) is 5.41 Å². The molecule has 1 aromatic carbocycles. The number of ether oxygens (including phenoxy) is 2. The monoisotopic (exact) mass is 395 g/mol. The van der Waals surface area contributed by atoms with Gasteiger partial charge in [0.05, 0.1) is 20.3 Å². The summed E-state index contributed by atoms with van der Waals surface area (Å²) in [5, 5.41) is 0. The van der Waals surface area contributed by atoms with E-state index in [9.17, 15) is 4.79 Å². The van der Waals surface area contributed by atoms with E-state index < -0.39 is 0 Å². The highest BCUT2D eigenvalue weighted by atomic mass is 16.5. The Morgan fingerprint density at radius 2 is 1.79 bits per heavy atom. The lowest BCUT2D eigenvalue weighted by atomic mass is 9.48. The summed E-state index contributed by atoms with van der Waals surface area (Å²) in [5.41, 5.74) is 2.22. The zero-order valence-electron chi connectivity index (χ0n) is 17.6. The first-order valence-corrected chi connectivity index (χ1v) is 11.3. The average Bonchev–Trinajstić information content (AvgIpc) is 2.72. The molecule has 1 heterocycles. The topological polar surface area (TPSA) is 38.8 Å². The van der Waals surface area contributed by atoms with Gasteiger partial charge in [-0.3, -0.25) is 9.69 Å². The molecule has 1 aromatic rings. The van der Waals surface area contributed by atoms with Gasteiger partial charge in [0.25, 0.3) is 0 Å². The largest absolute Gasteiger partial charge is 0.496 e. The van der Waals surface area contributed by atoms with Crippen LogP contribution < -0.4 is 4.74 Å². The summed E-state index contributed by atoms with van der Waals surface area (Å²) in [6, 6.07) is 6.27. The van der Waals surface area contributed by atoms with Crippen molar-refractivity contribution < 1.29 is 14.3 Å². The number of hydrogen-bond donors (Lipinski definition) is 0. The molecule has 0 aromatic heterocycles. The highest BCUT2D eigenvalue weighted by Crippen LogP contribution is 2.60. The van der Waals surface area contributed by atoms with E-state index in [1.165, 1.54) is 24.8 Å². The minimum absolute atomic E-state index is 0.0473. The molecule has 0 N–H and O–H groups in total. The number of ketones is 1. The number of rotatable bonds is 6. The molecule has 1 aliphatic heterocycles. The fourth-order valence-electron chi connectivity index (χ4n) is 6.79. The summed E-state index contributed by atoms with van der Waals surface area (Å²) in [6.45, 7) is 4.35. The van der Waals surface area contributed by atoms with Crippen LogP contribution in [0.25, 0.3) is 6.08 Å². The molecule has 0 amide bonds. The quantitative estimate of drug-likeness (QED) is 0.672. The molecule has 1 saturated heterocycles. The minimum Gasteiger partial charge on any atom is -0.496 e. The fourth-order valence-corrected chi connectivity index (χ4v) is 6.79. The first-order chi connectivity index (χ1) is 14.1. The van der Waals surface area contributed by atoms with Gasteiger partial charge in [0.2, 0.25) is 0 Å². The molecule has 0 unspecified atom stereocenters. The lowest BCUT2D eigenvalue weighted by Gasteiger charge is -2.55. The highest BCUT2D eigenvalue weighted by Gasteiger charge is 2.53. The van der Waals surface area contributed by atoms with Crippen LogP contribution in [0.1, 0.15) is 49.7 Å². The number of morpholine rings is 1. The van der Waals surface area contributed by atoms with Gasteiger partial charge in [0.1, 0.15) is 5.75 Å². The number of nitrogens with zero attached hydrogens (tertiary/aromatic N) is 1. The summed E-state index contributed by atoms with van der Waals surface area (Å²) >= 11 is 0. The van der Waals surface area contributed by atoms with Gasteiger partial charge in [0, 0.05) is 30.6 Å². The minimum atomic E-state index is -0.0473. The maximum atomic E-state index is 13.3. The van der Waals surface area contributed by atoms with E-state index in [0.717, 1.165) is 81.2 Å². The maximum Gasteiger partial charge on any atom is 0.161 e. The number of hydrogen-bond acceptors (Lipinski definition) is 4. The number of carbonyl (C=O) groups is 1. The van der Waals surface area contributed by atoms with Gasteiger partial charge in [-0.05, 0) is 80.1 Å². The Balaban J connectivity index is 1.31. The Hall–Kier alpha value is -1.65. The summed E-state index contributed by atoms with van der Waals surface area (Å²) in [5.74, 6) is 3.71. The van der Waals surface area contributed by atoms with Crippen molar-refractivity contribution >= 4 is 11.9 Å². The molecule has 156 valence electrons. The first kappa shape index (κ1) is 19.3. The second-order valence-electron chi connectivity index (χ2n) is 9.86. The van der Waals surface area contributed by atoms with Crippen molar-refractivity contribution in [3.8, 4) is 5.75 Å². The van der Waals surface area contributed by atoms with Crippen molar-refractivity contribution in [1.29, 1.82) is 0 Å². The van der Waals surface area contributed by atoms with Crippen LogP contribution >= 0.6 is 0 Å². The molecule has 4 aliphatic carbocycles. The van der Waals surface area contributed by atoms with Crippen LogP contribution in [0.2, 0.25) is 0 Å². The third kappa shape index (κ3) is 3.89. The first-order valence-electron chi connectivity index (χ1n) is 11.3. The molecule has 4 bridgehead atoms. The van der Waals surface area contributed by atoms with E-state index in [2.05, 4.69) is 17.0 Å². The van der Waals surface area contributed by atoms with E-state index >= 15 is 0 Å². The zero-order valence-corrected chi connectivity index (χ0v) is 17.6. The van der Waals surface area contributed by atoms with Crippen LogP contribution in [0.15, 0.2) is 24.3 Å². The van der Waals surface area contributed by atoms with Gasteiger partial charge in [-0.2, -0.15) is 0 Å². The number of carbonyl (C=O) groups excluding carboxylic acids is 1. The van der Waals surface area contributed by atoms with Crippen molar-refractivity contribution in [3.63, 3.8) is 0 Å². The Labute approximate surface area is 174 Å². The van der Waals surface area contributed by atoms with Gasteiger partial charge >= 0.3 is 0 Å². The van der Waals surface area contributed by atoms with Crippen LogP contribution in [-0.4, -0.2) is 44.1 Å². The van der Waals surface area contributed by atoms with E-state index in [4.69, 9.17) is 9.47 Å². The molecular formula is C25H33NO3. The predicted octanol–water partition coefficient (Wildman–Crippen LogP) is 4.33. The second kappa shape index (κ2) is 7.88. The van der Waals surface area contributed by atoms with Gasteiger partial charge in [0.15, 0.2) is 5.78 Å². The van der Waals surface area contributed by atoms with Gasteiger partial charge in [-0.1, -0.05) is 12.1 Å². The lowest BCUT2D eigenvalue weighted by molar-refractivity contribution is -0.138. The van der Waals surface area contributed by atoms with E-state index in [1.54, 1.807) is 7.11 Å². The van der Waals surface area contributed by atoms with Crippen LogP contribution in [0.3, 0.4) is 0 Å². The van der Waals surface area contributed by atoms with E-state index in [0.29, 0.717) is 5.78 Å². The second-order valence-corrected chi connectivity index (χ2v) is 9.86. The normalized spacial score (nSPS) is 34.0. The van der Waals surface area contributed by atoms with Crippen molar-refractivity contribution in [2.45, 2.75) is 45.1 Å². The molecule has 5 fully saturated rings. The van der Waals surface area contributed by atoms with Crippen molar-refractivity contribution in [3.05, 3.63) is 35.4 Å². The van der Waals surface area contributed by atoms with Crippen molar-refractivity contribution in [2.24, 2.45) is 23.2 Å². The molecule has 4 heteroatoms. The van der Waals surface area contributed by atoms with Crippen LogP contribution in [0, 0.1) is 23.2 Å². The third-order valence-electron chi connectivity index (χ3n) is 7.79. The Kier molecular flexibility index (Phi) is 5.25. The number of benzene rings is 1. The SMILES string of the molecule is COc1ccc(C=CC(=O)C23CC4CC(CC(C4)C2)C3)cc1CN1CCOCC1. The molecule has 6 rings (SSSR count). The summed E-state index contributed by atoms with van der Waals surface area (Å²) in [7, 11) is 1.73. The van der Waals surface area contributed by atoms with Crippen LogP contribution in [0.4, 0.5) is 0 Å².